The number of hydrogen-bond acceptors (Lipinski definition) is 2. The Morgan fingerprint density at radius 2 is 1.85 bits per heavy atom. The second-order valence-corrected chi connectivity index (χ2v) is 12.6. The van der Waals surface area contributed by atoms with Crippen molar-refractivity contribution in [1.82, 2.24) is 5.32 Å². The third-order valence-electron chi connectivity index (χ3n) is 10.4. The molecule has 2 heteroatoms. The molecule has 2 aromatic rings. The molecule has 0 aromatic heterocycles. The molecule has 5 aliphatic rings. The van der Waals surface area contributed by atoms with E-state index in [9.17, 15) is 0 Å². The van der Waals surface area contributed by atoms with Gasteiger partial charge >= 0.3 is 0 Å². The molecular formula is C32H39NO. The molecule has 2 spiro atoms. The van der Waals surface area contributed by atoms with Crippen LogP contribution in [0.3, 0.4) is 0 Å². The summed E-state index contributed by atoms with van der Waals surface area (Å²) in [6, 6.07) is 17.2. The Morgan fingerprint density at radius 1 is 1.00 bits per heavy atom. The highest BCUT2D eigenvalue weighted by Gasteiger charge is 2.66. The molecule has 6 atom stereocenters. The van der Waals surface area contributed by atoms with Crippen molar-refractivity contribution in [3.8, 4) is 0 Å². The van der Waals surface area contributed by atoms with Crippen molar-refractivity contribution in [1.29, 1.82) is 0 Å². The summed E-state index contributed by atoms with van der Waals surface area (Å²) in [6.07, 6.45) is 15.0. The van der Waals surface area contributed by atoms with Crippen molar-refractivity contribution in [2.45, 2.75) is 101 Å². The highest BCUT2D eigenvalue weighted by atomic mass is 16.5. The summed E-state index contributed by atoms with van der Waals surface area (Å²) in [7, 11) is 0. The molecule has 2 aromatic carbocycles. The van der Waals surface area contributed by atoms with Crippen LogP contribution in [0.5, 0.6) is 0 Å². The van der Waals surface area contributed by atoms with Crippen LogP contribution in [0.4, 0.5) is 0 Å². The van der Waals surface area contributed by atoms with E-state index in [1.54, 1.807) is 5.57 Å². The number of nitrogens with one attached hydrogen (secondary N) is 1. The summed E-state index contributed by atoms with van der Waals surface area (Å²) in [4.78, 5) is 0. The molecule has 34 heavy (non-hydrogen) atoms. The first-order valence-corrected chi connectivity index (χ1v) is 13.8. The fraction of sp³-hybridized carbons (Fsp3) is 0.562. The first-order valence-electron chi connectivity index (χ1n) is 13.8. The van der Waals surface area contributed by atoms with E-state index < -0.39 is 0 Å². The molecule has 1 N–H and O–H groups in total. The molecule has 2 nitrogen and oxygen atoms in total. The summed E-state index contributed by atoms with van der Waals surface area (Å²) in [5.41, 5.74) is 4.88. The van der Waals surface area contributed by atoms with Crippen LogP contribution in [0.2, 0.25) is 0 Å². The monoisotopic (exact) mass is 453 g/mol. The van der Waals surface area contributed by atoms with Crippen molar-refractivity contribution >= 4 is 10.8 Å². The maximum absolute atomic E-state index is 7.45. The predicted molar refractivity (Wildman–Crippen MR) is 140 cm³/mol. The number of benzene rings is 2. The van der Waals surface area contributed by atoms with E-state index in [0.717, 1.165) is 6.42 Å². The smallest absolute Gasteiger partial charge is 0.0974 e. The van der Waals surface area contributed by atoms with Crippen LogP contribution in [0, 0.1) is 11.3 Å². The standard InChI is InChI=1S/C32H39NO/c1-21(2)33-27-11-10-25-19-26-14-15-30(3)28(24-9-8-22-6-4-5-7-23(22)18-24)12-13-29(30)32(26)17-16-31(25,20-27)34-32/h4-9,14,18-19,21,27-29,33H,10-13,15-17,20H2,1-3H3/t27-,28-,29-,30-,31?,32-/m1/s1. The number of ether oxygens (including phenoxy) is 1. The first kappa shape index (κ1) is 21.4. The number of hydrogen-bond donors (Lipinski definition) is 1. The zero-order chi connectivity index (χ0) is 23.1. The van der Waals surface area contributed by atoms with Gasteiger partial charge in [-0.2, -0.15) is 0 Å². The van der Waals surface area contributed by atoms with Crippen molar-refractivity contribution in [2.75, 3.05) is 0 Å². The summed E-state index contributed by atoms with van der Waals surface area (Å²) < 4.78 is 7.45. The Balaban J connectivity index is 1.25. The van der Waals surface area contributed by atoms with Gasteiger partial charge in [0.25, 0.3) is 0 Å². The number of rotatable bonds is 3. The van der Waals surface area contributed by atoms with E-state index in [-0.39, 0.29) is 16.6 Å². The minimum atomic E-state index is -0.0538. The minimum Gasteiger partial charge on any atom is -0.359 e. The Kier molecular flexibility index (Phi) is 4.60. The van der Waals surface area contributed by atoms with E-state index in [1.165, 1.54) is 66.9 Å². The van der Waals surface area contributed by atoms with E-state index in [1.807, 2.05) is 0 Å². The SMILES string of the molecule is CC(C)N[C@@H]1CCC2=CC3=CC[C@]4(C)[C@@H](c5ccc6ccccc6c5)CC[C@H]4[C@@]34CCC2(C1)O4. The molecule has 178 valence electrons. The Bertz CT molecular complexity index is 1210. The highest BCUT2D eigenvalue weighted by molar-refractivity contribution is 5.83. The third kappa shape index (κ3) is 2.88. The lowest BCUT2D eigenvalue weighted by atomic mass is 9.58. The average molecular weight is 454 g/mol. The van der Waals surface area contributed by atoms with Gasteiger partial charge in [-0.1, -0.05) is 75.4 Å². The molecule has 0 amide bonds. The van der Waals surface area contributed by atoms with Crippen LogP contribution in [0.25, 0.3) is 10.8 Å². The lowest BCUT2D eigenvalue weighted by Gasteiger charge is -2.54. The van der Waals surface area contributed by atoms with Crippen LogP contribution in [0.15, 0.2) is 65.8 Å². The van der Waals surface area contributed by atoms with Gasteiger partial charge in [0.15, 0.2) is 0 Å². The van der Waals surface area contributed by atoms with Gasteiger partial charge in [0.2, 0.25) is 0 Å². The molecule has 3 aliphatic carbocycles. The molecule has 1 unspecified atom stereocenters. The minimum absolute atomic E-state index is 0.0125. The lowest BCUT2D eigenvalue weighted by Crippen LogP contribution is -2.55. The molecule has 2 aliphatic heterocycles. The fourth-order valence-corrected chi connectivity index (χ4v) is 8.99. The summed E-state index contributed by atoms with van der Waals surface area (Å²) in [5.74, 6) is 1.23. The van der Waals surface area contributed by atoms with Gasteiger partial charge in [-0.25, -0.2) is 0 Å². The fourth-order valence-electron chi connectivity index (χ4n) is 8.99. The quantitative estimate of drug-likeness (QED) is 0.521. The largest absolute Gasteiger partial charge is 0.359 e. The van der Waals surface area contributed by atoms with Crippen molar-refractivity contribution < 1.29 is 4.74 Å². The predicted octanol–water partition coefficient (Wildman–Crippen LogP) is 7.45. The average Bonchev–Trinajstić information content (AvgIpc) is 3.33. The number of fused-ring (bicyclic) bond motifs is 2. The van der Waals surface area contributed by atoms with Crippen molar-refractivity contribution in [2.24, 2.45) is 11.3 Å². The Morgan fingerprint density at radius 3 is 2.71 bits per heavy atom. The van der Waals surface area contributed by atoms with Gasteiger partial charge in [0.1, 0.15) is 0 Å². The maximum Gasteiger partial charge on any atom is 0.0974 e. The zero-order valence-corrected chi connectivity index (χ0v) is 21.1. The highest BCUT2D eigenvalue weighted by Crippen LogP contribution is 2.69. The van der Waals surface area contributed by atoms with E-state index in [4.69, 9.17) is 4.74 Å². The van der Waals surface area contributed by atoms with Crippen molar-refractivity contribution in [3.05, 3.63) is 71.3 Å². The molecule has 1 saturated heterocycles. The zero-order valence-electron chi connectivity index (χ0n) is 21.1. The number of allylic oxidation sites excluding steroid dienone is 1. The summed E-state index contributed by atoms with van der Waals surface area (Å²) in [6.45, 7) is 7.14. The first-order chi connectivity index (χ1) is 16.4. The van der Waals surface area contributed by atoms with Crippen LogP contribution < -0.4 is 5.32 Å². The Labute approximate surface area is 204 Å². The topological polar surface area (TPSA) is 21.3 Å². The normalized spacial score (nSPS) is 40.5. The van der Waals surface area contributed by atoms with E-state index >= 15 is 0 Å². The molecule has 2 saturated carbocycles. The lowest BCUT2D eigenvalue weighted by molar-refractivity contribution is -0.136. The van der Waals surface area contributed by atoms with Crippen molar-refractivity contribution in [3.63, 3.8) is 0 Å². The molecule has 2 bridgehead atoms. The van der Waals surface area contributed by atoms with Gasteiger partial charge in [-0.3, -0.25) is 0 Å². The van der Waals surface area contributed by atoms with Gasteiger partial charge in [-0.05, 0) is 96.1 Å². The van der Waals surface area contributed by atoms with Crippen LogP contribution in [0.1, 0.15) is 83.6 Å². The second-order valence-electron chi connectivity index (χ2n) is 12.6. The van der Waals surface area contributed by atoms with E-state index in [2.05, 4.69) is 80.7 Å². The Hall–Kier alpha value is -1.90. The molecule has 3 fully saturated rings. The van der Waals surface area contributed by atoms with Crippen LogP contribution in [-0.2, 0) is 4.74 Å². The third-order valence-corrected chi connectivity index (χ3v) is 10.4. The summed E-state index contributed by atoms with van der Waals surface area (Å²) >= 11 is 0. The van der Waals surface area contributed by atoms with Gasteiger partial charge in [0, 0.05) is 12.1 Å². The van der Waals surface area contributed by atoms with Gasteiger partial charge in [-0.15, -0.1) is 0 Å². The molecule has 2 heterocycles. The second kappa shape index (κ2) is 7.31. The van der Waals surface area contributed by atoms with Crippen LogP contribution >= 0.6 is 0 Å². The molecule has 0 radical (unpaired) electrons. The maximum atomic E-state index is 7.45. The molecule has 7 rings (SSSR count). The van der Waals surface area contributed by atoms with E-state index in [0.29, 0.717) is 23.9 Å². The summed E-state index contributed by atoms with van der Waals surface area (Å²) in [5, 5.41) is 6.57. The van der Waals surface area contributed by atoms with Gasteiger partial charge < -0.3 is 10.1 Å². The molecular weight excluding hydrogens is 414 g/mol. The van der Waals surface area contributed by atoms with Crippen LogP contribution in [-0.4, -0.2) is 23.3 Å². The van der Waals surface area contributed by atoms with Gasteiger partial charge in [0.05, 0.1) is 11.2 Å².